The highest BCUT2D eigenvalue weighted by Crippen LogP contribution is 2.24. The summed E-state index contributed by atoms with van der Waals surface area (Å²) in [5, 5.41) is 3.06. The number of hydrogen-bond acceptors (Lipinski definition) is 2. The van der Waals surface area contributed by atoms with E-state index in [0.717, 1.165) is 17.7 Å². The minimum Gasteiger partial charge on any atom is -0.326 e. The Bertz CT molecular complexity index is 315. The van der Waals surface area contributed by atoms with Crippen LogP contribution in [0.25, 0.3) is 0 Å². The van der Waals surface area contributed by atoms with Crippen LogP contribution in [0.2, 0.25) is 0 Å². The summed E-state index contributed by atoms with van der Waals surface area (Å²) in [5.74, 6) is 0. The molecule has 1 heterocycles. The maximum Gasteiger partial charge on any atom is 0.128 e. The van der Waals surface area contributed by atoms with Gasteiger partial charge in [0, 0.05) is 19.5 Å². The van der Waals surface area contributed by atoms with Crippen molar-refractivity contribution < 1.29 is 4.39 Å². The summed E-state index contributed by atoms with van der Waals surface area (Å²) >= 11 is 0. The normalized spacial score (nSPS) is 25.7. The lowest BCUT2D eigenvalue weighted by atomic mass is 9.95. The van der Waals surface area contributed by atoms with Crippen molar-refractivity contribution in [2.45, 2.75) is 25.1 Å². The van der Waals surface area contributed by atoms with E-state index in [1.807, 2.05) is 24.3 Å². The quantitative estimate of drug-likeness (QED) is 0.787. The summed E-state index contributed by atoms with van der Waals surface area (Å²) in [6.07, 6.45) is 1.12. The van der Waals surface area contributed by atoms with Crippen molar-refractivity contribution >= 4 is 0 Å². The molecule has 0 aliphatic carbocycles. The Morgan fingerprint density at radius 3 is 2.47 bits per heavy atom. The van der Waals surface area contributed by atoms with E-state index in [1.165, 1.54) is 0 Å². The van der Waals surface area contributed by atoms with Crippen LogP contribution < -0.4 is 11.1 Å². The molecule has 3 N–H and O–H groups in total. The summed E-state index contributed by atoms with van der Waals surface area (Å²) < 4.78 is 14.1. The number of hydrogen-bond donors (Lipinski definition) is 2. The molecule has 1 unspecified atom stereocenters. The predicted octanol–water partition coefficient (Wildman–Crippen LogP) is 1.39. The number of nitrogens with one attached hydrogen (secondary N) is 1. The van der Waals surface area contributed by atoms with Gasteiger partial charge in [0.05, 0.1) is 0 Å². The Hall–Kier alpha value is -0.930. The molecule has 3 heteroatoms. The van der Waals surface area contributed by atoms with Crippen molar-refractivity contribution in [3.8, 4) is 0 Å². The second kappa shape index (κ2) is 4.29. The molecular weight excluding hydrogens is 191 g/mol. The van der Waals surface area contributed by atoms with Gasteiger partial charge in [-0.3, -0.25) is 0 Å². The fraction of sp³-hybridized carbons (Fsp3) is 0.500. The van der Waals surface area contributed by atoms with Gasteiger partial charge in [0.2, 0.25) is 0 Å². The molecule has 0 amide bonds. The molecule has 2 rings (SSSR count). The van der Waals surface area contributed by atoms with Crippen LogP contribution in [-0.4, -0.2) is 18.8 Å². The molecule has 1 aromatic carbocycles. The molecule has 1 saturated heterocycles. The lowest BCUT2D eigenvalue weighted by molar-refractivity contribution is 0.190. The molecule has 0 saturated carbocycles. The molecular formula is C12H17FN2. The molecule has 0 bridgehead atoms. The van der Waals surface area contributed by atoms with Gasteiger partial charge in [-0.15, -0.1) is 0 Å². The van der Waals surface area contributed by atoms with Crippen LogP contribution in [0.1, 0.15) is 17.5 Å². The van der Waals surface area contributed by atoms with Crippen molar-refractivity contribution in [1.82, 2.24) is 5.32 Å². The lowest BCUT2D eigenvalue weighted by Gasteiger charge is -2.18. The van der Waals surface area contributed by atoms with Crippen LogP contribution in [0.3, 0.4) is 0 Å². The number of rotatable bonds is 3. The highest BCUT2D eigenvalue weighted by atomic mass is 19.1. The topological polar surface area (TPSA) is 38.0 Å². The Kier molecular flexibility index (Phi) is 3.03. The monoisotopic (exact) mass is 208 g/mol. The first-order valence-corrected chi connectivity index (χ1v) is 5.39. The second-order valence-corrected chi connectivity index (χ2v) is 4.28. The molecule has 1 aliphatic rings. The molecule has 1 fully saturated rings. The Balaban J connectivity index is 2.04. The highest BCUT2D eigenvalue weighted by molar-refractivity contribution is 5.24. The largest absolute Gasteiger partial charge is 0.326 e. The number of nitrogens with two attached hydrogens (primary N) is 1. The van der Waals surface area contributed by atoms with E-state index in [-0.39, 0.29) is 0 Å². The third kappa shape index (κ3) is 2.55. The first kappa shape index (κ1) is 10.6. The van der Waals surface area contributed by atoms with E-state index >= 15 is 0 Å². The Labute approximate surface area is 89.7 Å². The second-order valence-electron chi connectivity index (χ2n) is 4.28. The molecule has 82 valence electrons. The van der Waals surface area contributed by atoms with Crippen LogP contribution in [0.5, 0.6) is 0 Å². The minimum absolute atomic E-state index is 0.478. The van der Waals surface area contributed by atoms with Crippen molar-refractivity contribution in [2.75, 3.05) is 13.1 Å². The van der Waals surface area contributed by atoms with Gasteiger partial charge in [0.25, 0.3) is 0 Å². The Morgan fingerprint density at radius 2 is 1.93 bits per heavy atom. The van der Waals surface area contributed by atoms with Gasteiger partial charge in [-0.1, -0.05) is 24.3 Å². The van der Waals surface area contributed by atoms with Gasteiger partial charge >= 0.3 is 0 Å². The number of alkyl halides is 1. The predicted molar refractivity (Wildman–Crippen MR) is 59.4 cm³/mol. The SMILES string of the molecule is NCc1ccc(CC2(F)CCNC2)cc1. The summed E-state index contributed by atoms with van der Waals surface area (Å²) in [6, 6.07) is 7.89. The average molecular weight is 208 g/mol. The van der Waals surface area contributed by atoms with E-state index in [9.17, 15) is 4.39 Å². The number of benzene rings is 1. The van der Waals surface area contributed by atoms with Gasteiger partial charge in [0.1, 0.15) is 5.67 Å². The van der Waals surface area contributed by atoms with Gasteiger partial charge in [-0.05, 0) is 24.1 Å². The molecule has 1 aromatic rings. The fourth-order valence-corrected chi connectivity index (χ4v) is 2.02. The maximum absolute atomic E-state index is 14.1. The zero-order chi connectivity index (χ0) is 10.7. The van der Waals surface area contributed by atoms with E-state index < -0.39 is 5.67 Å². The van der Waals surface area contributed by atoms with Crippen molar-refractivity contribution in [2.24, 2.45) is 5.73 Å². The van der Waals surface area contributed by atoms with Crippen LogP contribution in [0, 0.1) is 0 Å². The fourth-order valence-electron chi connectivity index (χ4n) is 2.02. The summed E-state index contributed by atoms with van der Waals surface area (Å²) in [6.45, 7) is 1.81. The molecule has 1 aliphatic heterocycles. The third-order valence-electron chi connectivity index (χ3n) is 2.97. The van der Waals surface area contributed by atoms with Gasteiger partial charge in [-0.25, -0.2) is 4.39 Å². The highest BCUT2D eigenvalue weighted by Gasteiger charge is 2.33. The first-order chi connectivity index (χ1) is 7.22. The average Bonchev–Trinajstić information content (AvgIpc) is 2.66. The first-order valence-electron chi connectivity index (χ1n) is 5.39. The standard InChI is InChI=1S/C12H17FN2/c13-12(5-6-15-9-12)7-10-1-3-11(8-14)4-2-10/h1-4,15H,5-9,14H2. The van der Waals surface area contributed by atoms with E-state index in [0.29, 0.717) is 25.9 Å². The molecule has 0 spiro atoms. The van der Waals surface area contributed by atoms with Crippen LogP contribution in [0.4, 0.5) is 4.39 Å². The minimum atomic E-state index is -1.05. The zero-order valence-electron chi connectivity index (χ0n) is 8.80. The smallest absolute Gasteiger partial charge is 0.128 e. The molecule has 0 aromatic heterocycles. The summed E-state index contributed by atoms with van der Waals surface area (Å²) in [4.78, 5) is 0. The summed E-state index contributed by atoms with van der Waals surface area (Å²) in [7, 11) is 0. The van der Waals surface area contributed by atoms with Crippen LogP contribution in [-0.2, 0) is 13.0 Å². The molecule has 1 atom stereocenters. The van der Waals surface area contributed by atoms with Crippen molar-refractivity contribution in [3.05, 3.63) is 35.4 Å². The van der Waals surface area contributed by atoms with Crippen LogP contribution in [0.15, 0.2) is 24.3 Å². The van der Waals surface area contributed by atoms with E-state index in [4.69, 9.17) is 5.73 Å². The molecule has 15 heavy (non-hydrogen) atoms. The van der Waals surface area contributed by atoms with Gasteiger partial charge in [0.15, 0.2) is 0 Å². The maximum atomic E-state index is 14.1. The lowest BCUT2D eigenvalue weighted by Crippen LogP contribution is -2.28. The summed E-state index contributed by atoms with van der Waals surface area (Å²) in [5.41, 5.74) is 6.60. The third-order valence-corrected chi connectivity index (χ3v) is 2.97. The van der Waals surface area contributed by atoms with Gasteiger partial charge < -0.3 is 11.1 Å². The Morgan fingerprint density at radius 1 is 1.27 bits per heavy atom. The van der Waals surface area contributed by atoms with Crippen molar-refractivity contribution in [3.63, 3.8) is 0 Å². The number of halogens is 1. The molecule has 0 radical (unpaired) electrons. The molecule has 2 nitrogen and oxygen atoms in total. The van der Waals surface area contributed by atoms with Crippen LogP contribution >= 0.6 is 0 Å². The van der Waals surface area contributed by atoms with Gasteiger partial charge in [-0.2, -0.15) is 0 Å². The van der Waals surface area contributed by atoms with Crippen molar-refractivity contribution in [1.29, 1.82) is 0 Å². The zero-order valence-corrected chi connectivity index (χ0v) is 8.80. The van der Waals surface area contributed by atoms with E-state index in [2.05, 4.69) is 5.32 Å². The van der Waals surface area contributed by atoms with E-state index in [1.54, 1.807) is 0 Å².